The Bertz CT molecular complexity index is 595. The van der Waals surface area contributed by atoms with Gasteiger partial charge >= 0.3 is 0 Å². The number of hydrogen-bond donors (Lipinski definition) is 2. The molecule has 0 unspecified atom stereocenters. The number of carbonyl (C=O) groups excluding carboxylic acids is 2. The lowest BCUT2D eigenvalue weighted by Crippen LogP contribution is -2.26. The van der Waals surface area contributed by atoms with E-state index < -0.39 is 0 Å². The van der Waals surface area contributed by atoms with E-state index in [1.54, 1.807) is 7.11 Å². The minimum atomic E-state index is 0.0975. The van der Waals surface area contributed by atoms with Gasteiger partial charge in [-0.25, -0.2) is 0 Å². The molecule has 2 aliphatic rings. The van der Waals surface area contributed by atoms with Crippen LogP contribution in [0.1, 0.15) is 63.9 Å². The third-order valence-electron chi connectivity index (χ3n) is 5.21. The molecule has 1 saturated carbocycles. The zero-order chi connectivity index (χ0) is 18.8. The maximum Gasteiger partial charge on any atom is 0.220 e. The maximum atomic E-state index is 11.2. The van der Waals surface area contributed by atoms with Crippen LogP contribution in [0.4, 0.5) is 0 Å². The highest BCUT2D eigenvalue weighted by molar-refractivity contribution is 5.79. The van der Waals surface area contributed by atoms with Gasteiger partial charge < -0.3 is 15.4 Å². The van der Waals surface area contributed by atoms with Gasteiger partial charge in [0.05, 0.1) is 7.11 Å². The van der Waals surface area contributed by atoms with E-state index in [2.05, 4.69) is 10.6 Å². The van der Waals surface area contributed by atoms with Crippen molar-refractivity contribution in [1.29, 1.82) is 0 Å². The Kier molecular flexibility index (Phi) is 7.95. The second-order valence-corrected chi connectivity index (χ2v) is 7.39. The largest absolute Gasteiger partial charge is 0.497 e. The molecule has 1 heterocycles. The normalized spacial score (nSPS) is 17.8. The minimum Gasteiger partial charge on any atom is -0.497 e. The maximum absolute atomic E-state index is 11.2. The van der Waals surface area contributed by atoms with Crippen LogP contribution in [0.15, 0.2) is 24.3 Å². The van der Waals surface area contributed by atoms with Crippen molar-refractivity contribution in [2.75, 3.05) is 13.7 Å². The quantitative estimate of drug-likeness (QED) is 0.843. The highest BCUT2D eigenvalue weighted by Crippen LogP contribution is 2.41. The lowest BCUT2D eigenvalue weighted by atomic mass is 9.73. The lowest BCUT2D eigenvalue weighted by Gasteiger charge is -2.31. The van der Waals surface area contributed by atoms with Crippen LogP contribution >= 0.6 is 0 Å². The zero-order valence-corrected chi connectivity index (χ0v) is 16.1. The minimum absolute atomic E-state index is 0.0975. The van der Waals surface area contributed by atoms with Gasteiger partial charge in [-0.1, -0.05) is 38.3 Å². The highest BCUT2D eigenvalue weighted by Gasteiger charge is 2.38. The van der Waals surface area contributed by atoms with E-state index in [4.69, 9.17) is 4.74 Å². The number of methoxy groups -OCH3 is 1. The molecule has 0 aromatic heterocycles. The number of amides is 2. The summed E-state index contributed by atoms with van der Waals surface area (Å²) in [5.41, 5.74) is 1.44. The van der Waals surface area contributed by atoms with Crippen LogP contribution in [0.25, 0.3) is 0 Å². The van der Waals surface area contributed by atoms with Crippen LogP contribution in [0.2, 0.25) is 0 Å². The second-order valence-electron chi connectivity index (χ2n) is 7.39. The van der Waals surface area contributed by atoms with Crippen molar-refractivity contribution in [2.45, 2.75) is 64.8 Å². The number of nitrogens with one attached hydrogen (secondary N) is 2. The summed E-state index contributed by atoms with van der Waals surface area (Å²) in [7, 11) is 1.63. The molecule has 2 N–H and O–H groups in total. The molecule has 144 valence electrons. The molecule has 1 aromatic rings. The molecule has 1 spiro atoms. The average Bonchev–Trinajstić information content (AvgIpc) is 3.01. The molecule has 5 heteroatoms. The number of carbonyl (C=O) groups is 2. The predicted octanol–water partition coefficient (Wildman–Crippen LogP) is 3.57. The molecule has 2 fully saturated rings. The molecule has 1 aromatic carbocycles. The summed E-state index contributed by atoms with van der Waals surface area (Å²) in [5, 5.41) is 5.80. The van der Waals surface area contributed by atoms with Crippen molar-refractivity contribution in [3.05, 3.63) is 29.8 Å². The van der Waals surface area contributed by atoms with Gasteiger partial charge in [0.2, 0.25) is 11.8 Å². The van der Waals surface area contributed by atoms with Gasteiger partial charge in [-0.2, -0.15) is 0 Å². The Morgan fingerprint density at radius 1 is 1.27 bits per heavy atom. The van der Waals surface area contributed by atoms with E-state index in [0.29, 0.717) is 18.4 Å². The number of ether oxygens (including phenoxy) is 1. The fourth-order valence-corrected chi connectivity index (χ4v) is 3.71. The third-order valence-corrected chi connectivity index (χ3v) is 5.21. The van der Waals surface area contributed by atoms with Crippen LogP contribution < -0.4 is 15.4 Å². The first-order valence-electron chi connectivity index (χ1n) is 9.73. The standard InChI is InChI=1S/C12H17NO2.C9H15NO/c1-3-5-12(14)13-9-10-6-4-7-11(8-10)15-2;11-8-6-9(7-10-8)4-2-1-3-5-9/h4,6-8H,3,5,9H2,1-2H3,(H,13,14);1-7H2,(H,10,11). The molecule has 1 aliphatic heterocycles. The van der Waals surface area contributed by atoms with Crippen LogP contribution in [0.3, 0.4) is 0 Å². The van der Waals surface area contributed by atoms with Gasteiger partial charge in [0.1, 0.15) is 5.75 Å². The van der Waals surface area contributed by atoms with Crippen LogP contribution in [0, 0.1) is 5.41 Å². The fourth-order valence-electron chi connectivity index (χ4n) is 3.71. The highest BCUT2D eigenvalue weighted by atomic mass is 16.5. The van der Waals surface area contributed by atoms with Crippen molar-refractivity contribution in [3.63, 3.8) is 0 Å². The van der Waals surface area contributed by atoms with Gasteiger partial charge in [-0.05, 0) is 42.4 Å². The van der Waals surface area contributed by atoms with Gasteiger partial charge in [0.15, 0.2) is 0 Å². The van der Waals surface area contributed by atoms with Gasteiger partial charge in [0.25, 0.3) is 0 Å². The summed E-state index contributed by atoms with van der Waals surface area (Å²) in [6, 6.07) is 7.69. The van der Waals surface area contributed by atoms with Crippen LogP contribution in [-0.4, -0.2) is 25.5 Å². The summed E-state index contributed by atoms with van der Waals surface area (Å²) in [6.45, 7) is 3.51. The molecule has 1 saturated heterocycles. The fraction of sp³-hybridized carbons (Fsp3) is 0.619. The van der Waals surface area contributed by atoms with Crippen molar-refractivity contribution >= 4 is 11.8 Å². The monoisotopic (exact) mass is 360 g/mol. The van der Waals surface area contributed by atoms with E-state index in [1.807, 2.05) is 31.2 Å². The summed E-state index contributed by atoms with van der Waals surface area (Å²) in [6.07, 6.45) is 8.83. The molecule has 0 atom stereocenters. The van der Waals surface area contributed by atoms with Crippen molar-refractivity contribution in [1.82, 2.24) is 10.6 Å². The number of rotatable bonds is 5. The van der Waals surface area contributed by atoms with Gasteiger partial charge in [0, 0.05) is 25.9 Å². The Hall–Kier alpha value is -2.04. The summed E-state index contributed by atoms with van der Waals surface area (Å²) < 4.78 is 5.10. The zero-order valence-electron chi connectivity index (χ0n) is 16.1. The Balaban J connectivity index is 0.000000195. The van der Waals surface area contributed by atoms with Crippen LogP contribution in [-0.2, 0) is 16.1 Å². The molecular weight excluding hydrogens is 328 g/mol. The summed E-state index contributed by atoms with van der Waals surface area (Å²) in [4.78, 5) is 22.2. The first kappa shape index (κ1) is 20.3. The van der Waals surface area contributed by atoms with E-state index in [0.717, 1.165) is 30.7 Å². The summed E-state index contributed by atoms with van der Waals surface area (Å²) in [5.74, 6) is 1.18. The van der Waals surface area contributed by atoms with E-state index in [-0.39, 0.29) is 11.8 Å². The van der Waals surface area contributed by atoms with Crippen LogP contribution in [0.5, 0.6) is 5.75 Å². The molecule has 5 nitrogen and oxygen atoms in total. The number of hydrogen-bond acceptors (Lipinski definition) is 3. The Morgan fingerprint density at radius 3 is 2.65 bits per heavy atom. The van der Waals surface area contributed by atoms with Gasteiger partial charge in [-0.15, -0.1) is 0 Å². The topological polar surface area (TPSA) is 67.4 Å². The smallest absolute Gasteiger partial charge is 0.220 e. The molecule has 0 bridgehead atoms. The first-order chi connectivity index (χ1) is 12.6. The van der Waals surface area contributed by atoms with Crippen molar-refractivity contribution < 1.29 is 14.3 Å². The molecule has 2 amide bonds. The molecule has 26 heavy (non-hydrogen) atoms. The molecule has 0 radical (unpaired) electrons. The van der Waals surface area contributed by atoms with Crippen molar-refractivity contribution in [3.8, 4) is 5.75 Å². The van der Waals surface area contributed by atoms with E-state index in [9.17, 15) is 9.59 Å². The summed E-state index contributed by atoms with van der Waals surface area (Å²) >= 11 is 0. The Labute approximate surface area is 156 Å². The number of benzene rings is 1. The van der Waals surface area contributed by atoms with E-state index >= 15 is 0 Å². The van der Waals surface area contributed by atoms with E-state index in [1.165, 1.54) is 32.1 Å². The lowest BCUT2D eigenvalue weighted by molar-refractivity contribution is -0.121. The molecular formula is C21H32N2O3. The first-order valence-corrected chi connectivity index (χ1v) is 9.73. The predicted molar refractivity (Wildman–Crippen MR) is 103 cm³/mol. The van der Waals surface area contributed by atoms with Gasteiger partial charge in [-0.3, -0.25) is 9.59 Å². The second kappa shape index (κ2) is 10.2. The molecule has 1 aliphatic carbocycles. The SMILES string of the molecule is CCCC(=O)NCc1cccc(OC)c1.O=C1CC2(CCCCC2)CN1. The Morgan fingerprint density at radius 2 is 2.04 bits per heavy atom. The average molecular weight is 360 g/mol. The van der Waals surface area contributed by atoms with Crippen molar-refractivity contribution in [2.24, 2.45) is 5.41 Å². The molecule has 3 rings (SSSR count). The third kappa shape index (κ3) is 6.36.